The molecule has 3 heteroatoms. The molecule has 2 unspecified atom stereocenters. The van der Waals surface area contributed by atoms with Crippen LogP contribution in [0.15, 0.2) is 0 Å². The van der Waals surface area contributed by atoms with Crippen LogP contribution in [0, 0.1) is 0 Å². The molecule has 0 bridgehead atoms. The average molecular weight is 204 g/mol. The van der Waals surface area contributed by atoms with Gasteiger partial charge in [-0.1, -0.05) is 6.92 Å². The first-order chi connectivity index (χ1) is 6.17. The van der Waals surface area contributed by atoms with E-state index in [2.05, 4.69) is 32.1 Å². The van der Waals surface area contributed by atoms with Crippen LogP contribution in [-0.2, 0) is 0 Å². The number of hydrogen-bond donors (Lipinski definition) is 1. The van der Waals surface area contributed by atoms with Crippen LogP contribution in [0.1, 0.15) is 26.7 Å². The van der Waals surface area contributed by atoms with Crippen molar-refractivity contribution in [1.29, 1.82) is 0 Å². The van der Waals surface area contributed by atoms with Crippen LogP contribution >= 0.6 is 11.8 Å². The fraction of sp³-hybridized carbons (Fsp3) is 1.00. The third-order valence-corrected chi connectivity index (χ3v) is 3.40. The van der Waals surface area contributed by atoms with E-state index >= 15 is 0 Å². The standard InChI is InChI=1S/C10H24N2S/c1-5-10(8-11)12(3)9(2)6-7-13-4/h9-10H,5-8,11H2,1-4H3. The summed E-state index contributed by atoms with van der Waals surface area (Å²) in [4.78, 5) is 2.41. The van der Waals surface area contributed by atoms with Crippen LogP contribution < -0.4 is 5.73 Å². The molecule has 2 atom stereocenters. The van der Waals surface area contributed by atoms with Gasteiger partial charge in [0, 0.05) is 18.6 Å². The molecule has 0 aliphatic carbocycles. The van der Waals surface area contributed by atoms with E-state index < -0.39 is 0 Å². The lowest BCUT2D eigenvalue weighted by Crippen LogP contribution is -2.42. The lowest BCUT2D eigenvalue weighted by atomic mass is 10.1. The van der Waals surface area contributed by atoms with Crippen molar-refractivity contribution in [2.45, 2.75) is 38.8 Å². The zero-order valence-electron chi connectivity index (χ0n) is 9.42. The van der Waals surface area contributed by atoms with Gasteiger partial charge in [-0.25, -0.2) is 0 Å². The first-order valence-electron chi connectivity index (χ1n) is 5.08. The highest BCUT2D eigenvalue weighted by Gasteiger charge is 2.15. The SMILES string of the molecule is CCC(CN)N(C)C(C)CCSC. The van der Waals surface area contributed by atoms with Crippen LogP contribution in [0.3, 0.4) is 0 Å². The largest absolute Gasteiger partial charge is 0.329 e. The van der Waals surface area contributed by atoms with Crippen molar-refractivity contribution < 1.29 is 0 Å². The molecule has 0 saturated heterocycles. The number of nitrogens with zero attached hydrogens (tertiary/aromatic N) is 1. The van der Waals surface area contributed by atoms with Gasteiger partial charge in [-0.3, -0.25) is 4.90 Å². The molecule has 0 aromatic heterocycles. The zero-order valence-corrected chi connectivity index (χ0v) is 10.2. The third-order valence-electron chi connectivity index (χ3n) is 2.75. The monoisotopic (exact) mass is 204 g/mol. The highest BCUT2D eigenvalue weighted by Crippen LogP contribution is 2.10. The smallest absolute Gasteiger partial charge is 0.0215 e. The van der Waals surface area contributed by atoms with E-state index in [4.69, 9.17) is 5.73 Å². The zero-order chi connectivity index (χ0) is 10.3. The highest BCUT2D eigenvalue weighted by atomic mass is 32.2. The quantitative estimate of drug-likeness (QED) is 0.685. The number of nitrogens with two attached hydrogens (primary N) is 1. The molecule has 0 aliphatic rings. The molecule has 80 valence electrons. The lowest BCUT2D eigenvalue weighted by molar-refractivity contribution is 0.180. The van der Waals surface area contributed by atoms with Gasteiger partial charge in [-0.15, -0.1) is 0 Å². The molecule has 0 aliphatic heterocycles. The molecule has 0 aromatic rings. The normalized spacial score (nSPS) is 16.2. The van der Waals surface area contributed by atoms with E-state index in [1.807, 2.05) is 11.8 Å². The van der Waals surface area contributed by atoms with Gasteiger partial charge in [0.2, 0.25) is 0 Å². The molecule has 0 saturated carbocycles. The van der Waals surface area contributed by atoms with Crippen LogP contribution in [0.2, 0.25) is 0 Å². The van der Waals surface area contributed by atoms with Gasteiger partial charge in [0.15, 0.2) is 0 Å². The summed E-state index contributed by atoms with van der Waals surface area (Å²) >= 11 is 1.92. The third kappa shape index (κ3) is 4.89. The van der Waals surface area contributed by atoms with Gasteiger partial charge in [0.1, 0.15) is 0 Å². The maximum absolute atomic E-state index is 5.70. The van der Waals surface area contributed by atoms with Gasteiger partial charge in [-0.2, -0.15) is 11.8 Å². The van der Waals surface area contributed by atoms with Gasteiger partial charge in [0.25, 0.3) is 0 Å². The van der Waals surface area contributed by atoms with Gasteiger partial charge < -0.3 is 5.73 Å². The molecule has 0 spiro atoms. The Labute approximate surface area is 87.2 Å². The Morgan fingerprint density at radius 3 is 2.46 bits per heavy atom. The second kappa shape index (κ2) is 7.65. The van der Waals surface area contributed by atoms with Crippen LogP contribution in [0.4, 0.5) is 0 Å². The maximum atomic E-state index is 5.70. The summed E-state index contributed by atoms with van der Waals surface area (Å²) in [6, 6.07) is 1.21. The summed E-state index contributed by atoms with van der Waals surface area (Å²) in [7, 11) is 2.19. The molecule has 0 heterocycles. The fourth-order valence-electron chi connectivity index (χ4n) is 1.47. The van der Waals surface area contributed by atoms with Crippen molar-refractivity contribution in [3.05, 3.63) is 0 Å². The molecule has 0 radical (unpaired) electrons. The predicted octanol–water partition coefficient (Wildman–Crippen LogP) is 1.80. The minimum Gasteiger partial charge on any atom is -0.329 e. The topological polar surface area (TPSA) is 29.3 Å². The van der Waals surface area contributed by atoms with Gasteiger partial charge in [0.05, 0.1) is 0 Å². The van der Waals surface area contributed by atoms with Gasteiger partial charge in [-0.05, 0) is 38.8 Å². The first-order valence-corrected chi connectivity index (χ1v) is 6.47. The first kappa shape index (κ1) is 13.3. The van der Waals surface area contributed by atoms with Crippen molar-refractivity contribution in [3.63, 3.8) is 0 Å². The number of rotatable bonds is 7. The summed E-state index contributed by atoms with van der Waals surface area (Å²) in [5, 5.41) is 0. The summed E-state index contributed by atoms with van der Waals surface area (Å²) in [6.45, 7) is 5.26. The van der Waals surface area contributed by atoms with Crippen molar-refractivity contribution in [3.8, 4) is 0 Å². The maximum Gasteiger partial charge on any atom is 0.0215 e. The summed E-state index contributed by atoms with van der Waals surface area (Å²) in [6.07, 6.45) is 4.57. The number of thioether (sulfide) groups is 1. The number of likely N-dealkylation sites (N-methyl/N-ethyl adjacent to an activating group) is 1. The van der Waals surface area contributed by atoms with E-state index in [-0.39, 0.29) is 0 Å². The van der Waals surface area contributed by atoms with Crippen molar-refractivity contribution in [1.82, 2.24) is 4.90 Å². The van der Waals surface area contributed by atoms with E-state index in [9.17, 15) is 0 Å². The Kier molecular flexibility index (Phi) is 7.81. The molecular formula is C10H24N2S. The number of hydrogen-bond acceptors (Lipinski definition) is 3. The molecule has 13 heavy (non-hydrogen) atoms. The molecule has 2 N–H and O–H groups in total. The van der Waals surface area contributed by atoms with Crippen molar-refractivity contribution >= 4 is 11.8 Å². The average Bonchev–Trinajstić information content (AvgIpc) is 2.15. The Morgan fingerprint density at radius 2 is 2.08 bits per heavy atom. The van der Waals surface area contributed by atoms with E-state index in [0.717, 1.165) is 13.0 Å². The highest BCUT2D eigenvalue weighted by molar-refractivity contribution is 7.98. The Morgan fingerprint density at radius 1 is 1.46 bits per heavy atom. The second-order valence-corrected chi connectivity index (χ2v) is 4.58. The molecule has 0 fully saturated rings. The van der Waals surface area contributed by atoms with E-state index in [1.54, 1.807) is 0 Å². The molecule has 0 aromatic carbocycles. The Balaban J connectivity index is 3.83. The van der Waals surface area contributed by atoms with Crippen LogP contribution in [0.25, 0.3) is 0 Å². The Bertz CT molecular complexity index is 115. The Hall–Kier alpha value is 0.270. The summed E-state index contributed by atoms with van der Waals surface area (Å²) in [5.74, 6) is 1.24. The van der Waals surface area contributed by atoms with Crippen LogP contribution in [-0.4, -0.2) is 42.6 Å². The van der Waals surface area contributed by atoms with E-state index in [0.29, 0.717) is 12.1 Å². The fourth-order valence-corrected chi connectivity index (χ4v) is 2.05. The summed E-state index contributed by atoms with van der Waals surface area (Å²) in [5.41, 5.74) is 5.70. The minimum atomic E-state index is 0.553. The minimum absolute atomic E-state index is 0.553. The van der Waals surface area contributed by atoms with Crippen molar-refractivity contribution in [2.75, 3.05) is 25.6 Å². The summed E-state index contributed by atoms with van der Waals surface area (Å²) < 4.78 is 0. The second-order valence-electron chi connectivity index (χ2n) is 3.59. The van der Waals surface area contributed by atoms with Crippen molar-refractivity contribution in [2.24, 2.45) is 5.73 Å². The molecular weight excluding hydrogens is 180 g/mol. The lowest BCUT2D eigenvalue weighted by Gasteiger charge is -2.31. The molecule has 0 amide bonds. The van der Waals surface area contributed by atoms with Crippen LogP contribution in [0.5, 0.6) is 0 Å². The molecule has 2 nitrogen and oxygen atoms in total. The predicted molar refractivity (Wildman–Crippen MR) is 63.4 cm³/mol. The van der Waals surface area contributed by atoms with Gasteiger partial charge >= 0.3 is 0 Å². The molecule has 0 rings (SSSR count). The van der Waals surface area contributed by atoms with E-state index in [1.165, 1.54) is 12.2 Å².